The Morgan fingerprint density at radius 1 is 1.50 bits per heavy atom. The van der Waals surface area contributed by atoms with Gasteiger partial charge in [0.2, 0.25) is 0 Å². The molecule has 16 heavy (non-hydrogen) atoms. The van der Waals surface area contributed by atoms with Crippen LogP contribution in [-0.4, -0.2) is 32.9 Å². The van der Waals surface area contributed by atoms with Crippen LogP contribution in [0.2, 0.25) is 0 Å². The van der Waals surface area contributed by atoms with Crippen LogP contribution >= 0.6 is 27.7 Å². The van der Waals surface area contributed by atoms with Crippen LogP contribution < -0.4 is 0 Å². The van der Waals surface area contributed by atoms with Gasteiger partial charge in [0.15, 0.2) is 5.82 Å². The zero-order valence-corrected chi connectivity index (χ0v) is 10.0. The highest BCUT2D eigenvalue weighted by Crippen LogP contribution is 2.24. The maximum Gasteiger partial charge on any atom is 0.338 e. The third-order valence-corrected chi connectivity index (χ3v) is 2.89. The summed E-state index contributed by atoms with van der Waals surface area (Å²) in [6.45, 7) is 0. The summed E-state index contributed by atoms with van der Waals surface area (Å²) in [5.41, 5.74) is -0.547. The van der Waals surface area contributed by atoms with E-state index in [1.54, 1.807) is 0 Å². The average molecular weight is 310 g/mol. The fourth-order valence-electron chi connectivity index (χ4n) is 0.841. The van der Waals surface area contributed by atoms with E-state index in [4.69, 9.17) is 10.2 Å². The first-order valence-corrected chi connectivity index (χ1v) is 5.63. The number of thioether (sulfide) groups is 1. The molecule has 0 saturated heterocycles. The second-order valence-corrected chi connectivity index (χ2v) is 4.35. The molecule has 0 radical (unpaired) electrons. The summed E-state index contributed by atoms with van der Waals surface area (Å²) in [5, 5.41) is 17.2. The smallest absolute Gasteiger partial charge is 0.338 e. The van der Waals surface area contributed by atoms with Crippen LogP contribution in [0.25, 0.3) is 0 Å². The van der Waals surface area contributed by atoms with E-state index in [0.29, 0.717) is 0 Å². The number of hydrogen-bond acceptors (Lipinski definition) is 4. The molecule has 1 aromatic rings. The Balaban J connectivity index is 3.04. The topological polar surface area (TPSA) is 87.5 Å². The zero-order chi connectivity index (χ0) is 12.3. The summed E-state index contributed by atoms with van der Waals surface area (Å²) in [6, 6.07) is 0.996. The van der Waals surface area contributed by atoms with E-state index < -0.39 is 23.3 Å². The molecule has 0 fully saturated rings. The molecule has 1 heterocycles. The van der Waals surface area contributed by atoms with Crippen LogP contribution in [0.5, 0.6) is 0 Å². The minimum Gasteiger partial charge on any atom is -0.481 e. The maximum atomic E-state index is 13.2. The molecule has 0 aliphatic carbocycles. The summed E-state index contributed by atoms with van der Waals surface area (Å²) in [4.78, 5) is 24.6. The monoisotopic (exact) mass is 309 g/mol. The molecule has 0 bridgehead atoms. The number of nitrogens with zero attached hydrogens (tertiary/aromatic N) is 1. The number of carboxylic acid groups (broad SMARTS) is 2. The van der Waals surface area contributed by atoms with Gasteiger partial charge < -0.3 is 10.2 Å². The molecule has 0 unspecified atom stereocenters. The Kier molecular flexibility index (Phi) is 4.25. The molecule has 0 aromatic carbocycles. The summed E-state index contributed by atoms with van der Waals surface area (Å²) >= 11 is 3.57. The van der Waals surface area contributed by atoms with Crippen molar-refractivity contribution in [3.63, 3.8) is 0 Å². The van der Waals surface area contributed by atoms with E-state index >= 15 is 0 Å². The summed E-state index contributed by atoms with van der Waals surface area (Å²) in [6.07, 6.45) is 0. The number of hydrogen-bond donors (Lipinski definition) is 2. The SMILES string of the molecule is O=C(O)CSc1cc(C(=O)O)c(F)c(Br)n1. The Morgan fingerprint density at radius 3 is 2.62 bits per heavy atom. The number of pyridine rings is 1. The molecule has 0 aliphatic heterocycles. The highest BCUT2D eigenvalue weighted by Gasteiger charge is 2.16. The molecule has 0 spiro atoms. The van der Waals surface area contributed by atoms with Gasteiger partial charge in [-0.3, -0.25) is 4.79 Å². The van der Waals surface area contributed by atoms with Crippen LogP contribution in [0.4, 0.5) is 4.39 Å². The minimum absolute atomic E-state index is 0.132. The van der Waals surface area contributed by atoms with Crippen molar-refractivity contribution in [2.75, 3.05) is 5.75 Å². The predicted molar refractivity (Wildman–Crippen MR) is 57.2 cm³/mol. The van der Waals surface area contributed by atoms with Gasteiger partial charge in [0.25, 0.3) is 0 Å². The molecule has 1 aromatic heterocycles. The van der Waals surface area contributed by atoms with E-state index in [1.807, 2.05) is 0 Å². The number of rotatable bonds is 4. The fraction of sp³-hybridized carbons (Fsp3) is 0.125. The normalized spacial score (nSPS) is 10.1. The first-order chi connectivity index (χ1) is 7.41. The third kappa shape index (κ3) is 3.17. The van der Waals surface area contributed by atoms with Crippen molar-refractivity contribution in [1.82, 2.24) is 4.98 Å². The van der Waals surface area contributed by atoms with Crippen molar-refractivity contribution in [3.05, 3.63) is 22.1 Å². The van der Waals surface area contributed by atoms with Gasteiger partial charge in [-0.2, -0.15) is 0 Å². The summed E-state index contributed by atoms with van der Waals surface area (Å²) in [7, 11) is 0. The lowest BCUT2D eigenvalue weighted by Gasteiger charge is -2.03. The summed E-state index contributed by atoms with van der Waals surface area (Å²) in [5.74, 6) is -3.75. The molecular weight excluding hydrogens is 305 g/mol. The van der Waals surface area contributed by atoms with Crippen molar-refractivity contribution in [2.24, 2.45) is 0 Å². The fourth-order valence-corrected chi connectivity index (χ4v) is 1.99. The molecular formula is C8H5BrFNO4S. The van der Waals surface area contributed by atoms with Gasteiger partial charge in [0, 0.05) is 0 Å². The van der Waals surface area contributed by atoms with E-state index in [1.165, 1.54) is 0 Å². The van der Waals surface area contributed by atoms with E-state index in [2.05, 4.69) is 20.9 Å². The van der Waals surface area contributed by atoms with Crippen molar-refractivity contribution < 1.29 is 24.2 Å². The second kappa shape index (κ2) is 5.26. The molecule has 0 amide bonds. The Morgan fingerprint density at radius 2 is 2.12 bits per heavy atom. The van der Waals surface area contributed by atoms with Crippen molar-refractivity contribution in [3.8, 4) is 0 Å². The minimum atomic E-state index is -1.43. The van der Waals surface area contributed by atoms with Gasteiger partial charge in [-0.05, 0) is 22.0 Å². The summed E-state index contributed by atoms with van der Waals surface area (Å²) < 4.78 is 13.0. The maximum absolute atomic E-state index is 13.2. The Hall–Kier alpha value is -1.15. The number of aromatic carboxylic acids is 1. The van der Waals surface area contributed by atoms with Crippen LogP contribution in [0.3, 0.4) is 0 Å². The van der Waals surface area contributed by atoms with Gasteiger partial charge in [-0.1, -0.05) is 11.8 Å². The second-order valence-electron chi connectivity index (χ2n) is 2.60. The third-order valence-electron chi connectivity index (χ3n) is 1.47. The Labute approximate surface area is 102 Å². The molecule has 2 N–H and O–H groups in total. The van der Waals surface area contributed by atoms with E-state index in [0.717, 1.165) is 17.8 Å². The first-order valence-electron chi connectivity index (χ1n) is 3.85. The number of aliphatic carboxylic acids is 1. The largest absolute Gasteiger partial charge is 0.481 e. The lowest BCUT2D eigenvalue weighted by Crippen LogP contribution is -2.04. The average Bonchev–Trinajstić information content (AvgIpc) is 2.19. The highest BCUT2D eigenvalue weighted by atomic mass is 79.9. The first kappa shape index (κ1) is 12.9. The predicted octanol–water partition coefficient (Wildman–Crippen LogP) is 1.86. The molecule has 5 nitrogen and oxygen atoms in total. The van der Waals surface area contributed by atoms with Crippen molar-refractivity contribution in [1.29, 1.82) is 0 Å². The van der Waals surface area contributed by atoms with E-state index in [9.17, 15) is 14.0 Å². The van der Waals surface area contributed by atoms with Crippen LogP contribution in [-0.2, 0) is 4.79 Å². The molecule has 0 saturated carbocycles. The van der Waals surface area contributed by atoms with Crippen LogP contribution in [0.1, 0.15) is 10.4 Å². The molecule has 0 atom stereocenters. The van der Waals surface area contributed by atoms with Crippen molar-refractivity contribution >= 4 is 39.6 Å². The number of halogens is 2. The number of aromatic nitrogens is 1. The quantitative estimate of drug-likeness (QED) is 0.652. The lowest BCUT2D eigenvalue weighted by atomic mass is 10.3. The lowest BCUT2D eigenvalue weighted by molar-refractivity contribution is -0.133. The number of carboxylic acids is 2. The zero-order valence-electron chi connectivity index (χ0n) is 7.61. The molecule has 1 rings (SSSR count). The standard InChI is InChI=1S/C8H5BrFNO4S/c9-7-6(10)3(8(14)15)1-4(11-7)16-2-5(12)13/h1H,2H2,(H,12,13)(H,14,15). The highest BCUT2D eigenvalue weighted by molar-refractivity contribution is 9.10. The van der Waals surface area contributed by atoms with Gasteiger partial charge in [0.1, 0.15) is 10.2 Å². The molecule has 86 valence electrons. The van der Waals surface area contributed by atoms with Gasteiger partial charge in [-0.25, -0.2) is 14.2 Å². The van der Waals surface area contributed by atoms with Gasteiger partial charge >= 0.3 is 11.9 Å². The van der Waals surface area contributed by atoms with Crippen molar-refractivity contribution in [2.45, 2.75) is 5.03 Å². The van der Waals surface area contributed by atoms with E-state index in [-0.39, 0.29) is 15.4 Å². The van der Waals surface area contributed by atoms with Gasteiger partial charge in [0.05, 0.1) is 10.8 Å². The molecule has 0 aliphatic rings. The Bertz CT molecular complexity index is 454. The molecule has 8 heteroatoms. The number of carbonyl (C=O) groups is 2. The van der Waals surface area contributed by atoms with Crippen LogP contribution in [0.15, 0.2) is 15.7 Å². The van der Waals surface area contributed by atoms with Gasteiger partial charge in [-0.15, -0.1) is 0 Å². The van der Waals surface area contributed by atoms with Crippen LogP contribution in [0, 0.1) is 5.82 Å².